The number of amides is 2. The fourth-order valence-corrected chi connectivity index (χ4v) is 22.3. The molecule has 0 aliphatic rings. The number of carbonyl (C=O) groups is 3. The van der Waals surface area contributed by atoms with Gasteiger partial charge in [-0.3, -0.25) is 14.4 Å². The number of halogens is 4. The highest BCUT2D eigenvalue weighted by Gasteiger charge is 2.33. The van der Waals surface area contributed by atoms with Crippen LogP contribution in [-0.2, 0) is 22.6 Å². The molecule has 2 amide bonds. The third-order valence-corrected chi connectivity index (χ3v) is 22.0. The minimum Gasteiger partial charge on any atom is -0.455 e. The average Bonchev–Trinajstić information content (AvgIpc) is 2.90. The first-order valence-corrected chi connectivity index (χ1v) is 29.4. The molecule has 0 saturated carbocycles. The van der Waals surface area contributed by atoms with Gasteiger partial charge in [0.2, 0.25) is 17.1 Å². The molecule has 0 atom stereocenters. The topological polar surface area (TPSA) is 146 Å². The molecular formula is C30H76Cl4N4O5Si4. The van der Waals surface area contributed by atoms with Crippen LogP contribution in [0, 0.1) is 0 Å². The van der Waals surface area contributed by atoms with Crippen molar-refractivity contribution >= 4 is 96.7 Å². The summed E-state index contributed by atoms with van der Waals surface area (Å²) in [6.45, 7) is 21.0. The normalized spacial score (nSPS) is 10.9. The Morgan fingerprint density at radius 3 is 0.957 bits per heavy atom. The molecule has 0 aromatic carbocycles. The van der Waals surface area contributed by atoms with Gasteiger partial charge in [-0.1, -0.05) is 29.7 Å². The maximum Gasteiger partial charge on any atom is 0.236 e. The molecule has 47 heavy (non-hydrogen) atoms. The summed E-state index contributed by atoms with van der Waals surface area (Å²) in [5.41, 5.74) is 11.1. The molecule has 0 radical (unpaired) electrons. The van der Waals surface area contributed by atoms with Gasteiger partial charge in [0.05, 0.1) is 5.88 Å². The number of carbonyl (C=O) groups excluding carboxylic acids is 3. The lowest BCUT2D eigenvalue weighted by molar-refractivity contribution is -0.119. The van der Waals surface area contributed by atoms with Gasteiger partial charge in [0, 0.05) is 13.1 Å². The molecule has 0 spiro atoms. The smallest absolute Gasteiger partial charge is 0.236 e. The highest BCUT2D eigenvalue weighted by Crippen LogP contribution is 2.24. The third-order valence-electron chi connectivity index (χ3n) is 5.97. The molecule has 0 aliphatic carbocycles. The SMILES string of the molecule is C.C.C.C.C[Si](C)(CCCN)O[Si](C)(C)CCCN.C[Si](C)(CCCNC(=O)CCl)O[Si](C)(C)CCCNC(=O)CCl.O=C(Cl)CCl. The number of hydrogen-bond acceptors (Lipinski definition) is 7. The van der Waals surface area contributed by atoms with E-state index in [1.807, 2.05) is 0 Å². The molecule has 0 aromatic heterocycles. The molecule has 0 unspecified atom stereocenters. The summed E-state index contributed by atoms with van der Waals surface area (Å²) < 4.78 is 12.9. The molecule has 0 saturated heterocycles. The van der Waals surface area contributed by atoms with E-state index >= 15 is 0 Å². The van der Waals surface area contributed by atoms with Crippen LogP contribution in [0.25, 0.3) is 0 Å². The standard InChI is InChI=1S/C14H30Cl2N2O3Si2.C10H28N2OSi2.C2H2Cl2O.4CH4/c1-22(2,9-5-7-17-13(19)11-15)21-23(3,4)10-6-8-18-14(20)12-16;1-14(2,9-5-7-11)13-15(3,4)10-6-8-12;3-1-2(4)5;;;;/h5-12H2,1-4H3,(H,17,19)(H,18,20);5-12H2,1-4H3;1H2;4*1H4. The number of rotatable bonds is 21. The molecule has 0 heterocycles. The Kier molecular flexibility index (Phi) is 46.5. The van der Waals surface area contributed by atoms with Gasteiger partial charge in [0.1, 0.15) is 11.8 Å². The number of nitrogens with one attached hydrogen (secondary N) is 2. The van der Waals surface area contributed by atoms with Gasteiger partial charge < -0.3 is 30.3 Å². The van der Waals surface area contributed by atoms with E-state index < -0.39 is 38.5 Å². The second-order valence-corrected chi connectivity index (χ2v) is 31.6. The van der Waals surface area contributed by atoms with Crippen molar-refractivity contribution in [3.8, 4) is 0 Å². The van der Waals surface area contributed by atoms with E-state index in [0.29, 0.717) is 13.1 Å². The third kappa shape index (κ3) is 46.5. The summed E-state index contributed by atoms with van der Waals surface area (Å²) in [6.07, 6.45) is 4.03. The Morgan fingerprint density at radius 2 is 0.766 bits per heavy atom. The molecule has 0 aliphatic heterocycles. The van der Waals surface area contributed by atoms with Crippen LogP contribution in [0.3, 0.4) is 0 Å². The summed E-state index contributed by atoms with van der Waals surface area (Å²) in [4.78, 5) is 31.6. The monoisotopic (exact) mass is 824 g/mol. The fourth-order valence-electron chi connectivity index (χ4n) is 4.33. The summed E-state index contributed by atoms with van der Waals surface area (Å²) in [6, 6.07) is 4.38. The van der Waals surface area contributed by atoms with Crippen molar-refractivity contribution in [3.05, 3.63) is 0 Å². The van der Waals surface area contributed by atoms with Gasteiger partial charge in [-0.05, 0) is 127 Å². The number of alkyl halides is 3. The Morgan fingerprint density at radius 1 is 0.532 bits per heavy atom. The first-order chi connectivity index (χ1) is 19.7. The van der Waals surface area contributed by atoms with Crippen LogP contribution in [0.15, 0.2) is 0 Å². The molecule has 290 valence electrons. The minimum atomic E-state index is -1.74. The molecular weight excluding hydrogens is 751 g/mol. The van der Waals surface area contributed by atoms with Crippen molar-refractivity contribution in [2.75, 3.05) is 43.8 Å². The molecule has 0 bridgehead atoms. The van der Waals surface area contributed by atoms with E-state index in [1.165, 1.54) is 12.1 Å². The van der Waals surface area contributed by atoms with E-state index in [-0.39, 0.29) is 59.2 Å². The lowest BCUT2D eigenvalue weighted by atomic mass is 10.5. The lowest BCUT2D eigenvalue weighted by Gasteiger charge is -2.34. The summed E-state index contributed by atoms with van der Waals surface area (Å²) in [7, 11) is -6.42. The Labute approximate surface area is 315 Å². The van der Waals surface area contributed by atoms with E-state index in [0.717, 1.165) is 50.9 Å². The van der Waals surface area contributed by atoms with E-state index in [4.69, 9.17) is 66.1 Å². The molecule has 17 heteroatoms. The lowest BCUT2D eigenvalue weighted by Crippen LogP contribution is -2.45. The Balaban J connectivity index is -0.000000116. The minimum absolute atomic E-state index is 0. The first kappa shape index (κ1) is 62.6. The fraction of sp³-hybridized carbons (Fsp3) is 0.900. The summed E-state index contributed by atoms with van der Waals surface area (Å²) in [5.74, 6) is -0.321. The van der Waals surface area contributed by atoms with Crippen LogP contribution in [0.4, 0.5) is 0 Å². The highest BCUT2D eigenvalue weighted by molar-refractivity contribution is 6.85. The second kappa shape index (κ2) is 34.9. The summed E-state index contributed by atoms with van der Waals surface area (Å²) >= 11 is 20.4. The largest absolute Gasteiger partial charge is 0.455 e. The zero-order valence-electron chi connectivity index (χ0n) is 27.8. The first-order valence-electron chi connectivity index (χ1n) is 14.9. The van der Waals surface area contributed by atoms with E-state index in [9.17, 15) is 14.4 Å². The van der Waals surface area contributed by atoms with Crippen LogP contribution in [0.1, 0.15) is 55.4 Å². The van der Waals surface area contributed by atoms with Crippen LogP contribution < -0.4 is 22.1 Å². The van der Waals surface area contributed by atoms with Gasteiger partial charge >= 0.3 is 0 Å². The summed E-state index contributed by atoms with van der Waals surface area (Å²) in [5, 5.41) is 5.06. The van der Waals surface area contributed by atoms with Gasteiger partial charge in [-0.2, -0.15) is 0 Å². The van der Waals surface area contributed by atoms with Gasteiger partial charge in [0.15, 0.2) is 33.3 Å². The van der Waals surface area contributed by atoms with Crippen molar-refractivity contribution in [1.29, 1.82) is 0 Å². The molecule has 0 fully saturated rings. The van der Waals surface area contributed by atoms with E-state index in [1.54, 1.807) is 0 Å². The predicted octanol–water partition coefficient (Wildman–Crippen LogP) is 8.55. The van der Waals surface area contributed by atoms with E-state index in [2.05, 4.69) is 63.0 Å². The maximum absolute atomic E-state index is 11.1. The Hall–Kier alpha value is 0.478. The van der Waals surface area contributed by atoms with Gasteiger partial charge in [-0.15, -0.1) is 34.8 Å². The van der Waals surface area contributed by atoms with Crippen molar-refractivity contribution in [3.63, 3.8) is 0 Å². The predicted molar refractivity (Wildman–Crippen MR) is 224 cm³/mol. The van der Waals surface area contributed by atoms with Gasteiger partial charge in [0.25, 0.3) is 0 Å². The number of nitrogens with two attached hydrogens (primary N) is 2. The molecule has 9 nitrogen and oxygen atoms in total. The molecule has 0 aromatic rings. The highest BCUT2D eigenvalue weighted by atomic mass is 35.5. The second-order valence-electron chi connectivity index (χ2n) is 12.7. The quantitative estimate of drug-likeness (QED) is 0.0393. The van der Waals surface area contributed by atoms with Crippen molar-refractivity contribution in [1.82, 2.24) is 10.6 Å². The average molecular weight is 827 g/mol. The zero-order valence-corrected chi connectivity index (χ0v) is 34.8. The van der Waals surface area contributed by atoms with Crippen LogP contribution >= 0.6 is 46.4 Å². The Bertz CT molecular complexity index is 722. The van der Waals surface area contributed by atoms with Crippen LogP contribution in [-0.4, -0.2) is 94.1 Å². The molecule has 0 rings (SSSR count). The molecule has 6 N–H and O–H groups in total. The van der Waals surface area contributed by atoms with Crippen LogP contribution in [0.5, 0.6) is 0 Å². The maximum atomic E-state index is 11.1. The zero-order chi connectivity index (χ0) is 34.2. The number of hydrogen-bond donors (Lipinski definition) is 4. The van der Waals surface area contributed by atoms with Crippen molar-refractivity contribution in [2.24, 2.45) is 11.5 Å². The van der Waals surface area contributed by atoms with Gasteiger partial charge in [-0.25, -0.2) is 0 Å². The van der Waals surface area contributed by atoms with Crippen molar-refractivity contribution in [2.45, 2.75) is 132 Å². The van der Waals surface area contributed by atoms with Crippen molar-refractivity contribution < 1.29 is 22.6 Å². The van der Waals surface area contributed by atoms with Crippen LogP contribution in [0.2, 0.25) is 76.6 Å².